The Kier molecular flexibility index (Phi) is 4.66. The van der Waals surface area contributed by atoms with Crippen LogP contribution < -0.4 is 20.1 Å². The molecule has 0 amide bonds. The van der Waals surface area contributed by atoms with E-state index in [1.807, 2.05) is 12.1 Å². The largest absolute Gasteiger partial charge is 0.454 e. The molecule has 106 valence electrons. The lowest BCUT2D eigenvalue weighted by Crippen LogP contribution is -2.37. The molecule has 4 heteroatoms. The molecule has 0 atom stereocenters. The molecule has 19 heavy (non-hydrogen) atoms. The summed E-state index contributed by atoms with van der Waals surface area (Å²) < 4.78 is 10.7. The van der Waals surface area contributed by atoms with Crippen molar-refractivity contribution in [2.45, 2.75) is 39.3 Å². The third kappa shape index (κ3) is 4.73. The first-order valence-electron chi connectivity index (χ1n) is 6.89. The zero-order valence-corrected chi connectivity index (χ0v) is 12.1. The molecule has 0 radical (unpaired) electrons. The molecule has 0 fully saturated rings. The van der Waals surface area contributed by atoms with Crippen LogP contribution in [0.15, 0.2) is 18.2 Å². The Labute approximate surface area is 115 Å². The molecule has 0 bridgehead atoms. The van der Waals surface area contributed by atoms with Crippen molar-refractivity contribution in [3.63, 3.8) is 0 Å². The molecule has 2 N–H and O–H groups in total. The number of benzene rings is 1. The number of fused-ring (bicyclic) bond motifs is 1. The first-order chi connectivity index (χ1) is 9.04. The smallest absolute Gasteiger partial charge is 0.231 e. The van der Waals surface area contributed by atoms with Crippen LogP contribution in [0.5, 0.6) is 11.5 Å². The molecule has 0 aromatic heterocycles. The molecule has 1 aliphatic rings. The van der Waals surface area contributed by atoms with Gasteiger partial charge in [-0.05, 0) is 58.0 Å². The first kappa shape index (κ1) is 14.2. The molecule has 0 unspecified atom stereocenters. The Hall–Kier alpha value is -1.26. The summed E-state index contributed by atoms with van der Waals surface area (Å²) in [5, 5.41) is 6.92. The molecular weight excluding hydrogens is 240 g/mol. The number of hydrogen-bond acceptors (Lipinski definition) is 4. The van der Waals surface area contributed by atoms with Gasteiger partial charge in [0.15, 0.2) is 11.5 Å². The van der Waals surface area contributed by atoms with Crippen LogP contribution in [-0.2, 0) is 6.54 Å². The van der Waals surface area contributed by atoms with Crippen molar-refractivity contribution in [3.05, 3.63) is 23.8 Å². The van der Waals surface area contributed by atoms with Crippen LogP contribution in [0.25, 0.3) is 0 Å². The van der Waals surface area contributed by atoms with Gasteiger partial charge < -0.3 is 20.1 Å². The molecule has 2 rings (SSSR count). The average molecular weight is 264 g/mol. The van der Waals surface area contributed by atoms with E-state index in [0.717, 1.165) is 37.6 Å². The average Bonchev–Trinajstić information content (AvgIpc) is 2.79. The van der Waals surface area contributed by atoms with Gasteiger partial charge in [-0.1, -0.05) is 6.07 Å². The fraction of sp³-hybridized carbons (Fsp3) is 0.600. The zero-order valence-electron chi connectivity index (χ0n) is 12.1. The topological polar surface area (TPSA) is 42.5 Å². The highest BCUT2D eigenvalue weighted by Crippen LogP contribution is 2.32. The second kappa shape index (κ2) is 6.26. The highest BCUT2D eigenvalue weighted by atomic mass is 16.7. The van der Waals surface area contributed by atoms with Gasteiger partial charge >= 0.3 is 0 Å². The Balaban J connectivity index is 1.63. The summed E-state index contributed by atoms with van der Waals surface area (Å²) in [4.78, 5) is 0. The maximum absolute atomic E-state index is 5.36. The highest BCUT2D eigenvalue weighted by molar-refractivity contribution is 5.44. The van der Waals surface area contributed by atoms with E-state index in [4.69, 9.17) is 9.47 Å². The number of nitrogens with one attached hydrogen (secondary N) is 2. The molecule has 0 spiro atoms. The SMILES string of the molecule is CC(C)(C)NCCCNCc1ccc2c(c1)OCO2. The molecule has 1 aromatic rings. The van der Waals surface area contributed by atoms with Crippen molar-refractivity contribution in [2.75, 3.05) is 19.9 Å². The molecule has 0 saturated heterocycles. The monoisotopic (exact) mass is 264 g/mol. The van der Waals surface area contributed by atoms with Crippen LogP contribution in [0.2, 0.25) is 0 Å². The van der Waals surface area contributed by atoms with Crippen molar-refractivity contribution in [1.82, 2.24) is 10.6 Å². The van der Waals surface area contributed by atoms with E-state index >= 15 is 0 Å². The molecular formula is C15H24N2O2. The standard InChI is InChI=1S/C15H24N2O2/c1-15(2,3)17-8-4-7-16-10-12-5-6-13-14(9-12)19-11-18-13/h5-6,9,16-17H,4,7-8,10-11H2,1-3H3. The quantitative estimate of drug-likeness (QED) is 0.774. The molecule has 0 saturated carbocycles. The summed E-state index contributed by atoms with van der Waals surface area (Å²) in [5.74, 6) is 1.70. The molecule has 1 aliphatic heterocycles. The third-order valence-corrected chi connectivity index (χ3v) is 2.95. The normalized spacial score (nSPS) is 13.8. The van der Waals surface area contributed by atoms with E-state index in [0.29, 0.717) is 6.79 Å². The van der Waals surface area contributed by atoms with Gasteiger partial charge in [-0.2, -0.15) is 0 Å². The van der Waals surface area contributed by atoms with Gasteiger partial charge in [0.1, 0.15) is 0 Å². The van der Waals surface area contributed by atoms with Gasteiger partial charge in [0.2, 0.25) is 6.79 Å². The van der Waals surface area contributed by atoms with E-state index in [2.05, 4.69) is 37.5 Å². The maximum atomic E-state index is 5.36. The van der Waals surface area contributed by atoms with Crippen LogP contribution in [0.4, 0.5) is 0 Å². The van der Waals surface area contributed by atoms with Gasteiger partial charge in [-0.15, -0.1) is 0 Å². The van der Waals surface area contributed by atoms with Crippen molar-refractivity contribution < 1.29 is 9.47 Å². The lowest BCUT2D eigenvalue weighted by Gasteiger charge is -2.20. The second-order valence-electron chi connectivity index (χ2n) is 5.89. The van der Waals surface area contributed by atoms with Crippen LogP contribution in [0.3, 0.4) is 0 Å². The van der Waals surface area contributed by atoms with E-state index in [1.54, 1.807) is 0 Å². The van der Waals surface area contributed by atoms with Gasteiger partial charge in [0.05, 0.1) is 0 Å². The summed E-state index contributed by atoms with van der Waals surface area (Å²) in [7, 11) is 0. The zero-order chi connectivity index (χ0) is 13.7. The van der Waals surface area contributed by atoms with E-state index < -0.39 is 0 Å². The van der Waals surface area contributed by atoms with E-state index in [9.17, 15) is 0 Å². The van der Waals surface area contributed by atoms with Crippen LogP contribution in [-0.4, -0.2) is 25.4 Å². The number of rotatable bonds is 6. The lowest BCUT2D eigenvalue weighted by atomic mass is 10.1. The van der Waals surface area contributed by atoms with Gasteiger partial charge in [-0.3, -0.25) is 0 Å². The predicted octanol–water partition coefficient (Wildman–Crippen LogP) is 2.28. The molecule has 4 nitrogen and oxygen atoms in total. The van der Waals surface area contributed by atoms with Crippen LogP contribution in [0, 0.1) is 0 Å². The van der Waals surface area contributed by atoms with Gasteiger partial charge in [0.25, 0.3) is 0 Å². The Morgan fingerprint density at radius 3 is 2.68 bits per heavy atom. The highest BCUT2D eigenvalue weighted by Gasteiger charge is 2.12. The minimum absolute atomic E-state index is 0.206. The summed E-state index contributed by atoms with van der Waals surface area (Å²) in [6, 6.07) is 6.09. The van der Waals surface area contributed by atoms with Gasteiger partial charge in [-0.25, -0.2) is 0 Å². The van der Waals surface area contributed by atoms with Crippen molar-refractivity contribution >= 4 is 0 Å². The Morgan fingerprint density at radius 1 is 1.11 bits per heavy atom. The minimum atomic E-state index is 0.206. The van der Waals surface area contributed by atoms with Crippen LogP contribution >= 0.6 is 0 Å². The second-order valence-corrected chi connectivity index (χ2v) is 5.89. The van der Waals surface area contributed by atoms with Crippen molar-refractivity contribution in [2.24, 2.45) is 0 Å². The van der Waals surface area contributed by atoms with Gasteiger partial charge in [0, 0.05) is 12.1 Å². The van der Waals surface area contributed by atoms with E-state index in [-0.39, 0.29) is 5.54 Å². The summed E-state index contributed by atoms with van der Waals surface area (Å²) >= 11 is 0. The predicted molar refractivity (Wildman–Crippen MR) is 76.6 cm³/mol. The number of hydrogen-bond donors (Lipinski definition) is 2. The third-order valence-electron chi connectivity index (χ3n) is 2.95. The van der Waals surface area contributed by atoms with Crippen LogP contribution in [0.1, 0.15) is 32.8 Å². The van der Waals surface area contributed by atoms with E-state index in [1.165, 1.54) is 5.56 Å². The van der Waals surface area contributed by atoms with Crippen molar-refractivity contribution in [3.8, 4) is 11.5 Å². The minimum Gasteiger partial charge on any atom is -0.454 e. The van der Waals surface area contributed by atoms with Crippen molar-refractivity contribution in [1.29, 1.82) is 0 Å². The Bertz CT molecular complexity index is 413. The fourth-order valence-electron chi connectivity index (χ4n) is 1.96. The summed E-state index contributed by atoms with van der Waals surface area (Å²) in [5.41, 5.74) is 1.44. The molecule has 1 heterocycles. The first-order valence-corrected chi connectivity index (χ1v) is 6.89. The fourth-order valence-corrected chi connectivity index (χ4v) is 1.96. The lowest BCUT2D eigenvalue weighted by molar-refractivity contribution is 0.174. The maximum Gasteiger partial charge on any atom is 0.231 e. The Morgan fingerprint density at radius 2 is 1.89 bits per heavy atom. The molecule has 0 aliphatic carbocycles. The summed E-state index contributed by atoms with van der Waals surface area (Å²) in [6.45, 7) is 9.82. The summed E-state index contributed by atoms with van der Waals surface area (Å²) in [6.07, 6.45) is 1.13. The number of ether oxygens (including phenoxy) is 2. The molecule has 1 aromatic carbocycles.